The number of ether oxygens (including phenoxy) is 1. The van der Waals surface area contributed by atoms with Gasteiger partial charge in [0.05, 0.1) is 0 Å². The summed E-state index contributed by atoms with van der Waals surface area (Å²) in [7, 11) is 0. The monoisotopic (exact) mass is 414 g/mol. The Bertz CT molecular complexity index is 1040. The molecule has 31 heavy (non-hydrogen) atoms. The van der Waals surface area contributed by atoms with Gasteiger partial charge < -0.3 is 14.5 Å². The molecule has 1 heterocycles. The van der Waals surface area contributed by atoms with Crippen molar-refractivity contribution in [2.24, 2.45) is 0 Å². The van der Waals surface area contributed by atoms with Gasteiger partial charge >= 0.3 is 6.09 Å². The molecule has 0 saturated carbocycles. The first-order valence-corrected chi connectivity index (χ1v) is 10.5. The van der Waals surface area contributed by atoms with Crippen molar-refractivity contribution in [2.75, 3.05) is 31.1 Å². The number of nitrogens with zero attached hydrogens (tertiary/aromatic N) is 2. The van der Waals surface area contributed by atoms with Crippen LogP contribution >= 0.6 is 0 Å². The summed E-state index contributed by atoms with van der Waals surface area (Å²) in [5.74, 6) is 0.0629. The molecule has 0 unspecified atom stereocenters. The molecule has 1 saturated heterocycles. The van der Waals surface area contributed by atoms with Crippen molar-refractivity contribution >= 4 is 17.6 Å². The van der Waals surface area contributed by atoms with E-state index in [0.29, 0.717) is 18.7 Å². The molecule has 0 spiro atoms. The van der Waals surface area contributed by atoms with Crippen LogP contribution < -0.4 is 4.90 Å². The Morgan fingerprint density at radius 2 is 1.45 bits per heavy atom. The summed E-state index contributed by atoms with van der Waals surface area (Å²) in [6, 6.07) is 25.8. The number of amides is 1. The lowest BCUT2D eigenvalue weighted by Gasteiger charge is -2.35. The molecular formula is C26H26N2O3. The molecule has 1 amide bonds. The van der Waals surface area contributed by atoms with Gasteiger partial charge in [0.1, 0.15) is 6.61 Å². The van der Waals surface area contributed by atoms with E-state index in [1.165, 1.54) is 0 Å². The number of rotatable bonds is 5. The van der Waals surface area contributed by atoms with Crippen LogP contribution in [0.15, 0.2) is 78.9 Å². The van der Waals surface area contributed by atoms with Crippen molar-refractivity contribution in [3.05, 3.63) is 90.0 Å². The van der Waals surface area contributed by atoms with Gasteiger partial charge in [-0.2, -0.15) is 0 Å². The summed E-state index contributed by atoms with van der Waals surface area (Å²) in [5, 5.41) is 0. The number of hydrogen-bond donors (Lipinski definition) is 0. The molecule has 0 aromatic heterocycles. The summed E-state index contributed by atoms with van der Waals surface area (Å²) in [4.78, 5) is 28.1. The van der Waals surface area contributed by atoms with Gasteiger partial charge in [0.15, 0.2) is 5.78 Å². The van der Waals surface area contributed by atoms with Crippen LogP contribution in [0.3, 0.4) is 0 Å². The van der Waals surface area contributed by atoms with Crippen LogP contribution in [-0.4, -0.2) is 43.0 Å². The molecule has 0 bridgehead atoms. The number of benzene rings is 3. The van der Waals surface area contributed by atoms with Gasteiger partial charge in [0.25, 0.3) is 0 Å². The first kappa shape index (κ1) is 20.7. The molecule has 4 rings (SSSR count). The van der Waals surface area contributed by atoms with Gasteiger partial charge in [0.2, 0.25) is 0 Å². The SMILES string of the molecule is CC(=O)c1ccc(N2CCN(C(=O)OCc3ccccc3-c3ccccc3)CC2)cc1. The van der Waals surface area contributed by atoms with Crippen molar-refractivity contribution < 1.29 is 14.3 Å². The van der Waals surface area contributed by atoms with E-state index in [9.17, 15) is 9.59 Å². The molecule has 1 aliphatic rings. The fourth-order valence-corrected chi connectivity index (χ4v) is 3.83. The van der Waals surface area contributed by atoms with E-state index in [1.54, 1.807) is 11.8 Å². The quantitative estimate of drug-likeness (QED) is 0.551. The first-order valence-electron chi connectivity index (χ1n) is 10.5. The molecule has 3 aromatic carbocycles. The maximum Gasteiger partial charge on any atom is 0.410 e. The average Bonchev–Trinajstić information content (AvgIpc) is 2.83. The molecule has 1 fully saturated rings. The van der Waals surface area contributed by atoms with Gasteiger partial charge in [-0.1, -0.05) is 54.6 Å². The summed E-state index contributed by atoms with van der Waals surface area (Å²) in [6.45, 7) is 4.49. The zero-order valence-corrected chi connectivity index (χ0v) is 17.7. The van der Waals surface area contributed by atoms with Crippen LogP contribution in [0.25, 0.3) is 11.1 Å². The molecule has 0 N–H and O–H groups in total. The van der Waals surface area contributed by atoms with E-state index in [2.05, 4.69) is 23.1 Å². The normalized spacial score (nSPS) is 13.7. The number of Topliss-reactive ketones (excluding diaryl/α,β-unsaturated/α-hetero) is 1. The van der Waals surface area contributed by atoms with Crippen molar-refractivity contribution in [3.63, 3.8) is 0 Å². The third-order valence-electron chi connectivity index (χ3n) is 5.63. The Morgan fingerprint density at radius 1 is 0.806 bits per heavy atom. The molecule has 0 aliphatic carbocycles. The van der Waals surface area contributed by atoms with Crippen molar-refractivity contribution in [3.8, 4) is 11.1 Å². The van der Waals surface area contributed by atoms with E-state index >= 15 is 0 Å². The van der Waals surface area contributed by atoms with Gasteiger partial charge in [-0.25, -0.2) is 4.79 Å². The largest absolute Gasteiger partial charge is 0.445 e. The fourth-order valence-electron chi connectivity index (χ4n) is 3.83. The lowest BCUT2D eigenvalue weighted by molar-refractivity contribution is 0.0942. The van der Waals surface area contributed by atoms with Crippen LogP contribution in [0.5, 0.6) is 0 Å². The molecule has 0 atom stereocenters. The zero-order valence-electron chi connectivity index (χ0n) is 17.7. The Hall–Kier alpha value is -3.60. The second-order valence-corrected chi connectivity index (χ2v) is 7.65. The summed E-state index contributed by atoms with van der Waals surface area (Å²) < 4.78 is 5.64. The lowest BCUT2D eigenvalue weighted by atomic mass is 10.0. The van der Waals surface area contributed by atoms with E-state index in [4.69, 9.17) is 4.74 Å². The Labute approximate surface area is 182 Å². The van der Waals surface area contributed by atoms with Gasteiger partial charge in [-0.15, -0.1) is 0 Å². The Kier molecular flexibility index (Phi) is 6.32. The van der Waals surface area contributed by atoms with Crippen LogP contribution in [0.1, 0.15) is 22.8 Å². The van der Waals surface area contributed by atoms with E-state index in [-0.39, 0.29) is 18.5 Å². The van der Waals surface area contributed by atoms with Crippen LogP contribution in [0, 0.1) is 0 Å². The molecular weight excluding hydrogens is 388 g/mol. The van der Waals surface area contributed by atoms with Crippen LogP contribution in [0.4, 0.5) is 10.5 Å². The van der Waals surface area contributed by atoms with Gasteiger partial charge in [0, 0.05) is 37.4 Å². The number of piperazine rings is 1. The van der Waals surface area contributed by atoms with E-state index in [1.807, 2.05) is 60.7 Å². The van der Waals surface area contributed by atoms with Gasteiger partial charge in [-0.05, 0) is 47.9 Å². The predicted molar refractivity (Wildman–Crippen MR) is 122 cm³/mol. The standard InChI is InChI=1S/C26H26N2O3/c1-20(29)21-11-13-24(14-12-21)27-15-17-28(18-16-27)26(30)31-19-23-9-5-6-10-25(23)22-7-3-2-4-8-22/h2-14H,15-19H2,1H3. The highest BCUT2D eigenvalue weighted by atomic mass is 16.6. The summed E-state index contributed by atoms with van der Waals surface area (Å²) >= 11 is 0. The minimum absolute atomic E-state index is 0.0629. The van der Waals surface area contributed by atoms with Crippen molar-refractivity contribution in [2.45, 2.75) is 13.5 Å². The molecule has 158 valence electrons. The number of ketones is 1. The first-order chi connectivity index (χ1) is 15.1. The highest BCUT2D eigenvalue weighted by molar-refractivity contribution is 5.94. The average molecular weight is 415 g/mol. The highest BCUT2D eigenvalue weighted by Crippen LogP contribution is 2.24. The number of carbonyl (C=O) groups excluding carboxylic acids is 2. The summed E-state index contributed by atoms with van der Waals surface area (Å²) in [5.41, 5.74) is 4.95. The number of anilines is 1. The third kappa shape index (κ3) is 4.94. The van der Waals surface area contributed by atoms with Gasteiger partial charge in [-0.3, -0.25) is 4.79 Å². The topological polar surface area (TPSA) is 49.9 Å². The Balaban J connectivity index is 1.33. The molecule has 1 aliphatic heterocycles. The van der Waals surface area contributed by atoms with Crippen molar-refractivity contribution in [1.29, 1.82) is 0 Å². The Morgan fingerprint density at radius 3 is 2.13 bits per heavy atom. The minimum Gasteiger partial charge on any atom is -0.445 e. The molecule has 0 radical (unpaired) electrons. The predicted octanol–water partition coefficient (Wildman–Crippen LogP) is 5.02. The maximum atomic E-state index is 12.6. The maximum absolute atomic E-state index is 12.6. The summed E-state index contributed by atoms with van der Waals surface area (Å²) in [6.07, 6.45) is -0.283. The second kappa shape index (κ2) is 9.47. The number of carbonyl (C=O) groups is 2. The lowest BCUT2D eigenvalue weighted by Crippen LogP contribution is -2.48. The zero-order chi connectivity index (χ0) is 21.6. The van der Waals surface area contributed by atoms with Crippen LogP contribution in [-0.2, 0) is 11.3 Å². The van der Waals surface area contributed by atoms with E-state index < -0.39 is 0 Å². The molecule has 3 aromatic rings. The fraction of sp³-hybridized carbons (Fsp3) is 0.231. The van der Waals surface area contributed by atoms with Crippen LogP contribution in [0.2, 0.25) is 0 Å². The minimum atomic E-state index is -0.283. The second-order valence-electron chi connectivity index (χ2n) is 7.65. The van der Waals surface area contributed by atoms with Crippen molar-refractivity contribution in [1.82, 2.24) is 4.90 Å². The molecule has 5 heteroatoms. The molecule has 5 nitrogen and oxygen atoms in total. The highest BCUT2D eigenvalue weighted by Gasteiger charge is 2.22. The number of hydrogen-bond acceptors (Lipinski definition) is 4. The third-order valence-corrected chi connectivity index (χ3v) is 5.63. The van der Waals surface area contributed by atoms with E-state index in [0.717, 1.165) is 35.5 Å². The smallest absolute Gasteiger partial charge is 0.410 e.